The summed E-state index contributed by atoms with van der Waals surface area (Å²) >= 11 is 0. The summed E-state index contributed by atoms with van der Waals surface area (Å²) < 4.78 is 6.09. The minimum Gasteiger partial charge on any atom is -0.458 e. The van der Waals surface area contributed by atoms with Gasteiger partial charge in [-0.15, -0.1) is 0 Å². The van der Waals surface area contributed by atoms with Crippen LogP contribution in [-0.2, 0) is 19.1 Å². The molecule has 0 bridgehead atoms. The van der Waals surface area contributed by atoms with Gasteiger partial charge in [0.2, 0.25) is 5.91 Å². The third-order valence-electron chi connectivity index (χ3n) is 10.1. The predicted octanol–water partition coefficient (Wildman–Crippen LogP) is 4.61. The normalized spacial score (nSPS) is 42.6. The molecule has 3 fully saturated rings. The van der Waals surface area contributed by atoms with Crippen LogP contribution in [0.1, 0.15) is 79.1 Å². The van der Waals surface area contributed by atoms with Crippen LogP contribution < -0.4 is 0 Å². The van der Waals surface area contributed by atoms with Crippen molar-refractivity contribution >= 4 is 17.7 Å². The highest BCUT2D eigenvalue weighted by atomic mass is 16.6. The Morgan fingerprint density at radius 2 is 1.97 bits per heavy atom. The maximum absolute atomic E-state index is 12.4. The number of carbonyl (C=O) groups is 3. The van der Waals surface area contributed by atoms with E-state index in [4.69, 9.17) is 4.74 Å². The van der Waals surface area contributed by atoms with Crippen molar-refractivity contribution in [1.82, 2.24) is 4.90 Å². The Hall–Kier alpha value is -1.91. The van der Waals surface area contributed by atoms with E-state index < -0.39 is 0 Å². The van der Waals surface area contributed by atoms with E-state index in [1.807, 2.05) is 11.8 Å². The zero-order valence-corrected chi connectivity index (χ0v) is 20.0. The van der Waals surface area contributed by atoms with Gasteiger partial charge in [-0.3, -0.25) is 14.4 Å². The molecule has 5 nitrogen and oxygen atoms in total. The van der Waals surface area contributed by atoms with Crippen molar-refractivity contribution < 1.29 is 19.1 Å². The van der Waals surface area contributed by atoms with Crippen LogP contribution in [0.15, 0.2) is 23.3 Å². The van der Waals surface area contributed by atoms with E-state index in [1.165, 1.54) is 11.1 Å². The fourth-order valence-electron chi connectivity index (χ4n) is 8.12. The summed E-state index contributed by atoms with van der Waals surface area (Å²) in [5.74, 6) is 1.37. The molecule has 0 aromatic heterocycles. The molecule has 6 atom stereocenters. The number of esters is 1. The van der Waals surface area contributed by atoms with Gasteiger partial charge in [-0.25, -0.2) is 0 Å². The zero-order valence-electron chi connectivity index (χ0n) is 20.0. The first-order valence-electron chi connectivity index (χ1n) is 12.5. The predicted molar refractivity (Wildman–Crippen MR) is 122 cm³/mol. The minimum absolute atomic E-state index is 0.0458. The monoisotopic (exact) mass is 439 g/mol. The maximum Gasteiger partial charge on any atom is 0.306 e. The summed E-state index contributed by atoms with van der Waals surface area (Å²) in [7, 11) is 0. The summed E-state index contributed by atoms with van der Waals surface area (Å²) in [6, 6.07) is 0. The molecule has 0 radical (unpaired) electrons. The van der Waals surface area contributed by atoms with Crippen LogP contribution in [0, 0.1) is 28.6 Å². The number of amides is 1. The van der Waals surface area contributed by atoms with Gasteiger partial charge in [0.05, 0.1) is 0 Å². The van der Waals surface area contributed by atoms with Crippen LogP contribution in [-0.4, -0.2) is 41.3 Å². The number of Topliss-reactive ketones (excluding diaryl/α,β-unsaturated/α-hetero) is 1. The van der Waals surface area contributed by atoms with Crippen LogP contribution in [0.2, 0.25) is 0 Å². The zero-order chi connectivity index (χ0) is 22.9. The number of carbonyl (C=O) groups excluding carboxylic acids is 3. The molecule has 32 heavy (non-hydrogen) atoms. The Morgan fingerprint density at radius 1 is 1.19 bits per heavy atom. The lowest BCUT2D eigenvalue weighted by atomic mass is 9.49. The van der Waals surface area contributed by atoms with Gasteiger partial charge in [0.15, 0.2) is 0 Å². The Balaban J connectivity index is 1.59. The highest BCUT2D eigenvalue weighted by Gasteiger charge is 2.66. The fourth-order valence-corrected chi connectivity index (χ4v) is 8.12. The number of hydrogen-bond donors (Lipinski definition) is 0. The van der Waals surface area contributed by atoms with Gasteiger partial charge in [0.25, 0.3) is 0 Å². The molecule has 5 aliphatic rings. The van der Waals surface area contributed by atoms with E-state index in [2.05, 4.69) is 26.0 Å². The number of fused-ring (bicyclic) bond motifs is 6. The molecule has 1 amide bonds. The summed E-state index contributed by atoms with van der Waals surface area (Å²) in [6.45, 7) is 9.77. The smallest absolute Gasteiger partial charge is 0.306 e. The van der Waals surface area contributed by atoms with E-state index in [9.17, 15) is 14.4 Å². The van der Waals surface area contributed by atoms with Gasteiger partial charge < -0.3 is 9.64 Å². The van der Waals surface area contributed by atoms with Crippen molar-refractivity contribution in [3.05, 3.63) is 23.3 Å². The van der Waals surface area contributed by atoms with E-state index in [0.29, 0.717) is 50.0 Å². The first kappa shape index (κ1) is 21.9. The highest BCUT2D eigenvalue weighted by Crippen LogP contribution is 2.68. The minimum atomic E-state index is -0.334. The van der Waals surface area contributed by atoms with Crippen LogP contribution >= 0.6 is 0 Å². The van der Waals surface area contributed by atoms with Gasteiger partial charge in [0, 0.05) is 56.0 Å². The second-order valence-electron chi connectivity index (χ2n) is 11.4. The first-order valence-corrected chi connectivity index (χ1v) is 12.5. The number of hydrogen-bond acceptors (Lipinski definition) is 4. The van der Waals surface area contributed by atoms with Crippen molar-refractivity contribution in [3.63, 3.8) is 0 Å². The summed E-state index contributed by atoms with van der Waals surface area (Å²) in [4.78, 5) is 38.8. The standard InChI is InChI=1S/C27H37NO4/c1-5-28(17(2)29)16-18-14-19-15-20(30)6-10-25(19,3)21-7-11-26(4)22(24(18)21)8-12-27(26)13-9-23(31)32-27/h7,14,18,22,24H,5-6,8-13,15-16H2,1-4H3/t18-,22?,24?,25-,26-,27+/m0/s1. The fraction of sp³-hybridized carbons (Fsp3) is 0.741. The molecule has 4 aliphatic carbocycles. The molecule has 2 unspecified atom stereocenters. The average molecular weight is 440 g/mol. The molecule has 5 rings (SSSR count). The second kappa shape index (κ2) is 7.30. The van der Waals surface area contributed by atoms with Gasteiger partial charge in [-0.05, 0) is 50.9 Å². The molecule has 174 valence electrons. The SMILES string of the molecule is CCN(C[C@@H]1C=C2CC(=O)CC[C@]2(C)C2=CC[C@@]3(C)C(CC[C@@]34CCC(=O)O4)C21)C(C)=O. The number of ether oxygens (including phenoxy) is 1. The molecule has 1 saturated heterocycles. The number of rotatable bonds is 3. The molecule has 2 saturated carbocycles. The number of ketones is 1. The molecule has 0 aromatic carbocycles. The third kappa shape index (κ3) is 2.92. The largest absolute Gasteiger partial charge is 0.458 e. The van der Waals surface area contributed by atoms with E-state index >= 15 is 0 Å². The molecule has 0 aromatic rings. The number of allylic oxidation sites excluding steroid dienone is 3. The Labute approximate surface area is 191 Å². The lowest BCUT2D eigenvalue weighted by Gasteiger charge is -2.56. The maximum atomic E-state index is 12.4. The Kier molecular flexibility index (Phi) is 5.00. The lowest BCUT2D eigenvalue weighted by Crippen LogP contribution is -2.53. The molecule has 5 heteroatoms. The van der Waals surface area contributed by atoms with Gasteiger partial charge >= 0.3 is 5.97 Å². The van der Waals surface area contributed by atoms with Crippen LogP contribution in [0.5, 0.6) is 0 Å². The van der Waals surface area contributed by atoms with Crippen LogP contribution in [0.25, 0.3) is 0 Å². The van der Waals surface area contributed by atoms with Crippen LogP contribution in [0.3, 0.4) is 0 Å². The summed E-state index contributed by atoms with van der Waals surface area (Å²) in [6.07, 6.45) is 11.2. The third-order valence-corrected chi connectivity index (χ3v) is 10.1. The van der Waals surface area contributed by atoms with Crippen molar-refractivity contribution in [2.75, 3.05) is 13.1 Å². The van der Waals surface area contributed by atoms with Crippen LogP contribution in [0.4, 0.5) is 0 Å². The van der Waals surface area contributed by atoms with E-state index in [1.54, 1.807) is 6.92 Å². The van der Waals surface area contributed by atoms with Crippen molar-refractivity contribution in [3.8, 4) is 0 Å². The summed E-state index contributed by atoms with van der Waals surface area (Å²) in [5.41, 5.74) is 2.32. The first-order chi connectivity index (χ1) is 15.1. The molecule has 1 aliphatic heterocycles. The summed E-state index contributed by atoms with van der Waals surface area (Å²) in [5, 5.41) is 0. The molecule has 0 N–H and O–H groups in total. The Morgan fingerprint density at radius 3 is 2.62 bits per heavy atom. The molecule has 1 heterocycles. The van der Waals surface area contributed by atoms with Crippen molar-refractivity contribution in [2.24, 2.45) is 28.6 Å². The molecular formula is C27H37NO4. The Bertz CT molecular complexity index is 934. The van der Waals surface area contributed by atoms with Gasteiger partial charge in [0.1, 0.15) is 11.4 Å². The van der Waals surface area contributed by atoms with E-state index in [-0.39, 0.29) is 34.2 Å². The van der Waals surface area contributed by atoms with Gasteiger partial charge in [-0.1, -0.05) is 37.1 Å². The average Bonchev–Trinajstić information content (AvgIpc) is 3.27. The van der Waals surface area contributed by atoms with E-state index in [0.717, 1.165) is 32.1 Å². The molecule has 1 spiro atoms. The molecular weight excluding hydrogens is 402 g/mol. The quantitative estimate of drug-likeness (QED) is 0.476. The highest BCUT2D eigenvalue weighted by molar-refractivity contribution is 5.83. The number of nitrogens with zero attached hydrogens (tertiary/aromatic N) is 1. The van der Waals surface area contributed by atoms with Crippen molar-refractivity contribution in [1.29, 1.82) is 0 Å². The lowest BCUT2D eigenvalue weighted by molar-refractivity contribution is -0.160. The second-order valence-corrected chi connectivity index (χ2v) is 11.4. The van der Waals surface area contributed by atoms with Crippen molar-refractivity contribution in [2.45, 2.75) is 84.7 Å². The van der Waals surface area contributed by atoms with Gasteiger partial charge in [-0.2, -0.15) is 0 Å². The topological polar surface area (TPSA) is 63.7 Å².